The number of hydrogen-bond acceptors (Lipinski definition) is 2. The number of fused-ring (bicyclic) bond motifs is 1. The van der Waals surface area contributed by atoms with Crippen LogP contribution in [0.25, 0.3) is 22.2 Å². The summed E-state index contributed by atoms with van der Waals surface area (Å²) in [6.45, 7) is -1.10. The summed E-state index contributed by atoms with van der Waals surface area (Å²) in [6.07, 6.45) is 1.89. The summed E-state index contributed by atoms with van der Waals surface area (Å²) >= 11 is 0. The second-order valence-corrected chi connectivity index (χ2v) is 4.18. The lowest BCUT2D eigenvalue weighted by Crippen LogP contribution is -2.17. The van der Waals surface area contributed by atoms with E-state index < -0.39 is 12.7 Å². The van der Waals surface area contributed by atoms with E-state index in [-0.39, 0.29) is 0 Å². The Morgan fingerprint density at radius 2 is 2.11 bits per heavy atom. The molecule has 0 amide bonds. The van der Waals surface area contributed by atoms with E-state index in [9.17, 15) is 13.2 Å². The smallest absolute Gasteiger partial charge is 0.361 e. The van der Waals surface area contributed by atoms with Crippen LogP contribution in [0.1, 0.15) is 0 Å². The molecular formula is C12H9F3N4. The second kappa shape index (κ2) is 4.11. The molecule has 3 heterocycles. The SMILES string of the molecule is FC(F)(F)Cn1cc(-c2cc3[nH]ccc3cn2)cn1. The number of aromatic nitrogens is 4. The van der Waals surface area contributed by atoms with Gasteiger partial charge in [-0.3, -0.25) is 9.67 Å². The molecule has 0 spiro atoms. The van der Waals surface area contributed by atoms with Crippen LogP contribution in [-0.4, -0.2) is 25.9 Å². The first kappa shape index (κ1) is 11.8. The Bertz CT molecular complexity index is 711. The third-order valence-corrected chi connectivity index (χ3v) is 2.71. The summed E-state index contributed by atoms with van der Waals surface area (Å²) in [4.78, 5) is 7.23. The van der Waals surface area contributed by atoms with E-state index in [1.54, 1.807) is 18.5 Å². The van der Waals surface area contributed by atoms with Crippen molar-refractivity contribution in [3.8, 4) is 11.3 Å². The summed E-state index contributed by atoms with van der Waals surface area (Å²) in [5.74, 6) is 0. The molecule has 98 valence electrons. The Morgan fingerprint density at radius 1 is 1.26 bits per heavy atom. The molecular weight excluding hydrogens is 257 g/mol. The number of halogens is 3. The fourth-order valence-corrected chi connectivity index (χ4v) is 1.87. The van der Waals surface area contributed by atoms with Crippen molar-refractivity contribution in [3.63, 3.8) is 0 Å². The Hall–Kier alpha value is -2.31. The van der Waals surface area contributed by atoms with E-state index in [2.05, 4.69) is 15.1 Å². The number of pyridine rings is 1. The molecule has 4 nitrogen and oxygen atoms in total. The van der Waals surface area contributed by atoms with Gasteiger partial charge in [-0.1, -0.05) is 0 Å². The van der Waals surface area contributed by atoms with Crippen molar-refractivity contribution in [2.45, 2.75) is 12.7 Å². The first-order valence-corrected chi connectivity index (χ1v) is 5.54. The fraction of sp³-hybridized carbons (Fsp3) is 0.167. The molecule has 7 heteroatoms. The number of hydrogen-bond donors (Lipinski definition) is 1. The van der Waals surface area contributed by atoms with Crippen LogP contribution in [0.4, 0.5) is 13.2 Å². The minimum atomic E-state index is -4.28. The van der Waals surface area contributed by atoms with Crippen molar-refractivity contribution in [1.82, 2.24) is 19.7 Å². The van der Waals surface area contributed by atoms with E-state index in [1.807, 2.05) is 6.07 Å². The third kappa shape index (κ3) is 2.44. The monoisotopic (exact) mass is 266 g/mol. The standard InChI is InChI=1S/C12H9F3N4/c13-12(14,15)7-19-6-9(5-18-19)11-3-10-8(4-17-11)1-2-16-10/h1-6,16H,7H2. The van der Waals surface area contributed by atoms with E-state index in [4.69, 9.17) is 0 Å². The highest BCUT2D eigenvalue weighted by atomic mass is 19.4. The lowest BCUT2D eigenvalue weighted by atomic mass is 10.2. The van der Waals surface area contributed by atoms with Crippen LogP contribution in [0.15, 0.2) is 36.9 Å². The predicted octanol–water partition coefficient (Wildman–Crippen LogP) is 2.99. The zero-order chi connectivity index (χ0) is 13.5. The van der Waals surface area contributed by atoms with E-state index >= 15 is 0 Å². The molecule has 0 unspecified atom stereocenters. The lowest BCUT2D eigenvalue weighted by molar-refractivity contribution is -0.142. The molecule has 19 heavy (non-hydrogen) atoms. The Morgan fingerprint density at radius 3 is 2.89 bits per heavy atom. The Kier molecular flexibility index (Phi) is 2.55. The van der Waals surface area contributed by atoms with E-state index in [1.165, 1.54) is 12.4 Å². The van der Waals surface area contributed by atoms with Crippen molar-refractivity contribution in [2.75, 3.05) is 0 Å². The number of alkyl halides is 3. The first-order valence-electron chi connectivity index (χ1n) is 5.54. The summed E-state index contributed by atoms with van der Waals surface area (Å²) in [5.41, 5.74) is 2.03. The van der Waals surface area contributed by atoms with Crippen LogP contribution in [-0.2, 0) is 6.54 Å². The minimum Gasteiger partial charge on any atom is -0.361 e. The van der Waals surface area contributed by atoms with Gasteiger partial charge < -0.3 is 4.98 Å². The maximum atomic E-state index is 12.2. The predicted molar refractivity (Wildman–Crippen MR) is 63.4 cm³/mol. The van der Waals surface area contributed by atoms with Gasteiger partial charge in [0.2, 0.25) is 0 Å². The molecule has 1 N–H and O–H groups in total. The maximum absolute atomic E-state index is 12.2. The fourth-order valence-electron chi connectivity index (χ4n) is 1.87. The van der Waals surface area contributed by atoms with Crippen LogP contribution in [0.2, 0.25) is 0 Å². The van der Waals surface area contributed by atoms with Gasteiger partial charge in [0.15, 0.2) is 0 Å². The van der Waals surface area contributed by atoms with Crippen LogP contribution in [0, 0.1) is 0 Å². The molecule has 0 aliphatic carbocycles. The summed E-state index contributed by atoms with van der Waals surface area (Å²) in [6, 6.07) is 3.66. The first-order chi connectivity index (χ1) is 9.01. The molecule has 3 aromatic rings. The number of aromatic amines is 1. The third-order valence-electron chi connectivity index (χ3n) is 2.71. The summed E-state index contributed by atoms with van der Waals surface area (Å²) in [5, 5.41) is 4.64. The molecule has 0 fully saturated rings. The van der Waals surface area contributed by atoms with Crippen molar-refractivity contribution in [1.29, 1.82) is 0 Å². The largest absolute Gasteiger partial charge is 0.408 e. The lowest BCUT2D eigenvalue weighted by Gasteiger charge is -2.05. The van der Waals surface area contributed by atoms with E-state index in [0.29, 0.717) is 11.3 Å². The molecule has 0 bridgehead atoms. The van der Waals surface area contributed by atoms with E-state index in [0.717, 1.165) is 15.6 Å². The molecule has 3 aromatic heterocycles. The number of H-pyrrole nitrogens is 1. The van der Waals surface area contributed by atoms with Gasteiger partial charge in [0.1, 0.15) is 6.54 Å². The molecule has 0 saturated heterocycles. The normalized spacial score (nSPS) is 12.2. The number of nitrogens with zero attached hydrogens (tertiary/aromatic N) is 3. The van der Waals surface area contributed by atoms with Crippen LogP contribution in [0.3, 0.4) is 0 Å². The molecule has 0 aliphatic rings. The molecule has 0 radical (unpaired) electrons. The summed E-state index contributed by atoms with van der Waals surface area (Å²) in [7, 11) is 0. The molecule has 0 saturated carbocycles. The summed E-state index contributed by atoms with van der Waals surface area (Å²) < 4.78 is 37.6. The van der Waals surface area contributed by atoms with Crippen LogP contribution >= 0.6 is 0 Å². The van der Waals surface area contributed by atoms with Gasteiger partial charge in [-0.05, 0) is 12.1 Å². The average molecular weight is 266 g/mol. The van der Waals surface area contributed by atoms with Crippen LogP contribution < -0.4 is 0 Å². The van der Waals surface area contributed by atoms with Gasteiger partial charge in [0, 0.05) is 35.1 Å². The molecule has 0 aliphatic heterocycles. The zero-order valence-corrected chi connectivity index (χ0v) is 9.65. The van der Waals surface area contributed by atoms with Crippen LogP contribution in [0.5, 0.6) is 0 Å². The highest BCUT2D eigenvalue weighted by Crippen LogP contribution is 2.22. The molecule has 3 rings (SSSR count). The topological polar surface area (TPSA) is 46.5 Å². The maximum Gasteiger partial charge on any atom is 0.408 e. The second-order valence-electron chi connectivity index (χ2n) is 4.18. The van der Waals surface area contributed by atoms with Gasteiger partial charge in [-0.25, -0.2) is 0 Å². The van der Waals surface area contributed by atoms with Gasteiger partial charge in [0.05, 0.1) is 11.9 Å². The van der Waals surface area contributed by atoms with Crippen molar-refractivity contribution >= 4 is 10.9 Å². The molecule has 0 atom stereocenters. The van der Waals surface area contributed by atoms with Gasteiger partial charge >= 0.3 is 6.18 Å². The average Bonchev–Trinajstić information content (AvgIpc) is 2.93. The highest BCUT2D eigenvalue weighted by molar-refractivity contribution is 5.82. The quantitative estimate of drug-likeness (QED) is 0.775. The highest BCUT2D eigenvalue weighted by Gasteiger charge is 2.28. The number of rotatable bonds is 2. The van der Waals surface area contributed by atoms with Gasteiger partial charge in [-0.2, -0.15) is 18.3 Å². The Labute approximate surface area is 105 Å². The number of nitrogens with one attached hydrogen (secondary N) is 1. The van der Waals surface area contributed by atoms with Gasteiger partial charge in [0.25, 0.3) is 0 Å². The van der Waals surface area contributed by atoms with Crippen molar-refractivity contribution in [2.24, 2.45) is 0 Å². The minimum absolute atomic E-state index is 0.556. The van der Waals surface area contributed by atoms with Crippen molar-refractivity contribution < 1.29 is 13.2 Å². The Balaban J connectivity index is 1.93. The van der Waals surface area contributed by atoms with Gasteiger partial charge in [-0.15, -0.1) is 0 Å². The zero-order valence-electron chi connectivity index (χ0n) is 9.65. The van der Waals surface area contributed by atoms with Crippen molar-refractivity contribution in [3.05, 3.63) is 36.9 Å². The molecule has 0 aromatic carbocycles.